The van der Waals surface area contributed by atoms with Gasteiger partial charge in [-0.05, 0) is 30.5 Å². The molecule has 0 aliphatic rings. The third-order valence-corrected chi connectivity index (χ3v) is 2.98. The van der Waals surface area contributed by atoms with Gasteiger partial charge in [-0.3, -0.25) is 0 Å². The smallest absolute Gasteiger partial charge is 0.126 e. The highest BCUT2D eigenvalue weighted by Crippen LogP contribution is 2.22. The van der Waals surface area contributed by atoms with Gasteiger partial charge in [0.15, 0.2) is 0 Å². The van der Waals surface area contributed by atoms with Crippen LogP contribution in [0.4, 0.5) is 4.39 Å². The fourth-order valence-corrected chi connectivity index (χ4v) is 1.98. The lowest BCUT2D eigenvalue weighted by Crippen LogP contribution is -2.28. The van der Waals surface area contributed by atoms with Crippen LogP contribution in [0, 0.1) is 12.7 Å². The molecule has 0 aliphatic heterocycles. The number of hydrogen-bond acceptors (Lipinski definition) is 1. The standard InChI is InChI=1S/C15H24FN/c1-5-6-7-15(17-11(2)3)13-9-8-12(4)14(16)10-13/h8-11,15,17H,5-7H2,1-4H3. The summed E-state index contributed by atoms with van der Waals surface area (Å²) < 4.78 is 13.6. The van der Waals surface area contributed by atoms with E-state index >= 15 is 0 Å². The molecule has 0 heterocycles. The number of rotatable bonds is 6. The van der Waals surface area contributed by atoms with Gasteiger partial charge in [-0.25, -0.2) is 4.39 Å². The van der Waals surface area contributed by atoms with E-state index in [9.17, 15) is 4.39 Å². The topological polar surface area (TPSA) is 12.0 Å². The molecule has 96 valence electrons. The van der Waals surface area contributed by atoms with Gasteiger partial charge in [0, 0.05) is 12.1 Å². The van der Waals surface area contributed by atoms with Gasteiger partial charge in [0.25, 0.3) is 0 Å². The zero-order valence-electron chi connectivity index (χ0n) is 11.4. The van der Waals surface area contributed by atoms with Gasteiger partial charge >= 0.3 is 0 Å². The second-order valence-corrected chi connectivity index (χ2v) is 5.02. The lowest BCUT2D eigenvalue weighted by Gasteiger charge is -2.22. The maximum atomic E-state index is 13.6. The summed E-state index contributed by atoms with van der Waals surface area (Å²) in [6.45, 7) is 8.24. The third kappa shape index (κ3) is 4.47. The van der Waals surface area contributed by atoms with Crippen LogP contribution in [0.3, 0.4) is 0 Å². The summed E-state index contributed by atoms with van der Waals surface area (Å²) in [5, 5.41) is 3.51. The minimum Gasteiger partial charge on any atom is -0.308 e. The van der Waals surface area contributed by atoms with Crippen LogP contribution in [0.25, 0.3) is 0 Å². The maximum absolute atomic E-state index is 13.6. The van der Waals surface area contributed by atoms with Gasteiger partial charge in [0.1, 0.15) is 5.82 Å². The maximum Gasteiger partial charge on any atom is 0.126 e. The van der Waals surface area contributed by atoms with Crippen molar-refractivity contribution < 1.29 is 4.39 Å². The molecule has 1 unspecified atom stereocenters. The highest BCUT2D eigenvalue weighted by molar-refractivity contribution is 5.25. The Hall–Kier alpha value is -0.890. The molecule has 1 aromatic rings. The van der Waals surface area contributed by atoms with E-state index in [1.54, 1.807) is 13.0 Å². The minimum absolute atomic E-state index is 0.102. The average molecular weight is 237 g/mol. The molecular weight excluding hydrogens is 213 g/mol. The van der Waals surface area contributed by atoms with Crippen molar-refractivity contribution in [1.82, 2.24) is 5.32 Å². The molecule has 1 nitrogen and oxygen atoms in total. The van der Waals surface area contributed by atoms with Crippen molar-refractivity contribution >= 4 is 0 Å². The lowest BCUT2D eigenvalue weighted by atomic mass is 9.99. The Labute approximate surface area is 104 Å². The molecule has 1 atom stereocenters. The van der Waals surface area contributed by atoms with E-state index in [1.807, 2.05) is 12.1 Å². The largest absolute Gasteiger partial charge is 0.308 e. The van der Waals surface area contributed by atoms with Crippen LogP contribution in [0.2, 0.25) is 0 Å². The molecule has 2 heteroatoms. The zero-order valence-corrected chi connectivity index (χ0v) is 11.4. The second-order valence-electron chi connectivity index (χ2n) is 5.02. The molecule has 0 spiro atoms. The Kier molecular flexibility index (Phi) is 5.63. The molecular formula is C15H24FN. The predicted molar refractivity (Wildman–Crippen MR) is 71.7 cm³/mol. The normalized spacial score (nSPS) is 13.1. The van der Waals surface area contributed by atoms with Crippen molar-refractivity contribution in [3.8, 4) is 0 Å². The molecule has 0 aromatic heterocycles. The van der Waals surface area contributed by atoms with Gasteiger partial charge in [0.05, 0.1) is 0 Å². The summed E-state index contributed by atoms with van der Waals surface area (Å²) in [4.78, 5) is 0. The van der Waals surface area contributed by atoms with Crippen molar-refractivity contribution in [2.75, 3.05) is 0 Å². The van der Waals surface area contributed by atoms with E-state index in [0.29, 0.717) is 11.6 Å². The van der Waals surface area contributed by atoms with Crippen molar-refractivity contribution in [3.63, 3.8) is 0 Å². The molecule has 0 aliphatic carbocycles. The van der Waals surface area contributed by atoms with Gasteiger partial charge < -0.3 is 5.32 Å². The van der Waals surface area contributed by atoms with Gasteiger partial charge in [-0.1, -0.05) is 45.7 Å². The summed E-state index contributed by atoms with van der Waals surface area (Å²) in [6, 6.07) is 6.26. The Morgan fingerprint density at radius 1 is 1.29 bits per heavy atom. The number of benzene rings is 1. The highest BCUT2D eigenvalue weighted by Gasteiger charge is 2.13. The first-order chi connectivity index (χ1) is 8.04. The van der Waals surface area contributed by atoms with Gasteiger partial charge in [-0.15, -0.1) is 0 Å². The summed E-state index contributed by atoms with van der Waals surface area (Å²) >= 11 is 0. The SMILES string of the molecule is CCCCC(NC(C)C)c1ccc(C)c(F)c1. The lowest BCUT2D eigenvalue weighted by molar-refractivity contribution is 0.438. The van der Waals surface area contributed by atoms with Crippen molar-refractivity contribution in [1.29, 1.82) is 0 Å². The number of hydrogen-bond donors (Lipinski definition) is 1. The van der Waals surface area contributed by atoms with Crippen LogP contribution in [0.1, 0.15) is 57.2 Å². The first-order valence-corrected chi connectivity index (χ1v) is 6.56. The molecule has 17 heavy (non-hydrogen) atoms. The minimum atomic E-state index is -0.102. The Balaban J connectivity index is 2.83. The Morgan fingerprint density at radius 2 is 2.00 bits per heavy atom. The van der Waals surface area contributed by atoms with Crippen LogP contribution >= 0.6 is 0 Å². The summed E-state index contributed by atoms with van der Waals surface area (Å²) in [5.41, 5.74) is 1.78. The van der Waals surface area contributed by atoms with Crippen LogP contribution in [0.5, 0.6) is 0 Å². The van der Waals surface area contributed by atoms with Gasteiger partial charge in [-0.2, -0.15) is 0 Å². The molecule has 1 N–H and O–H groups in total. The summed E-state index contributed by atoms with van der Waals surface area (Å²) in [5.74, 6) is -0.102. The van der Waals surface area contributed by atoms with E-state index < -0.39 is 0 Å². The van der Waals surface area contributed by atoms with Crippen molar-refractivity contribution in [2.45, 2.75) is 59.0 Å². The molecule has 0 saturated carbocycles. The quantitative estimate of drug-likeness (QED) is 0.775. The monoisotopic (exact) mass is 237 g/mol. The van der Waals surface area contributed by atoms with Crippen LogP contribution in [-0.4, -0.2) is 6.04 Å². The molecule has 0 radical (unpaired) electrons. The number of aryl methyl sites for hydroxylation is 1. The van der Waals surface area contributed by atoms with E-state index in [4.69, 9.17) is 0 Å². The second kappa shape index (κ2) is 6.75. The molecule has 0 saturated heterocycles. The predicted octanol–water partition coefficient (Wildman–Crippen LogP) is 4.36. The van der Waals surface area contributed by atoms with E-state index in [2.05, 4.69) is 26.1 Å². The molecule has 0 amide bonds. The fourth-order valence-electron chi connectivity index (χ4n) is 1.98. The van der Waals surface area contributed by atoms with Crippen LogP contribution < -0.4 is 5.32 Å². The summed E-state index contributed by atoms with van der Waals surface area (Å²) in [6.07, 6.45) is 3.40. The molecule has 0 fully saturated rings. The molecule has 1 rings (SSSR count). The average Bonchev–Trinajstić information content (AvgIpc) is 2.27. The Morgan fingerprint density at radius 3 is 2.53 bits per heavy atom. The summed E-state index contributed by atoms with van der Waals surface area (Å²) in [7, 11) is 0. The molecule has 1 aromatic carbocycles. The number of halogens is 1. The van der Waals surface area contributed by atoms with Crippen LogP contribution in [0.15, 0.2) is 18.2 Å². The highest BCUT2D eigenvalue weighted by atomic mass is 19.1. The van der Waals surface area contributed by atoms with Gasteiger partial charge in [0.2, 0.25) is 0 Å². The first-order valence-electron chi connectivity index (χ1n) is 6.56. The van der Waals surface area contributed by atoms with Crippen LogP contribution in [-0.2, 0) is 0 Å². The van der Waals surface area contributed by atoms with E-state index in [0.717, 1.165) is 12.0 Å². The van der Waals surface area contributed by atoms with Crippen molar-refractivity contribution in [2.24, 2.45) is 0 Å². The number of unbranched alkanes of at least 4 members (excludes halogenated alkanes) is 1. The number of nitrogens with one attached hydrogen (secondary N) is 1. The Bertz CT molecular complexity index is 347. The molecule has 0 bridgehead atoms. The van der Waals surface area contributed by atoms with E-state index in [-0.39, 0.29) is 11.9 Å². The van der Waals surface area contributed by atoms with Crippen molar-refractivity contribution in [3.05, 3.63) is 35.1 Å². The first kappa shape index (κ1) is 14.2. The van der Waals surface area contributed by atoms with E-state index in [1.165, 1.54) is 12.8 Å². The third-order valence-electron chi connectivity index (χ3n) is 2.98. The zero-order chi connectivity index (χ0) is 12.8. The fraction of sp³-hybridized carbons (Fsp3) is 0.600.